The normalized spacial score (nSPS) is 18.4. The van der Waals surface area contributed by atoms with Crippen molar-refractivity contribution < 1.29 is 19.0 Å². The largest absolute Gasteiger partial charge is 0.444 e. The van der Waals surface area contributed by atoms with Gasteiger partial charge in [-0.3, -0.25) is 0 Å². The predicted octanol–water partition coefficient (Wildman–Crippen LogP) is 4.12. The van der Waals surface area contributed by atoms with Crippen molar-refractivity contribution >= 4 is 29.6 Å². The van der Waals surface area contributed by atoms with Gasteiger partial charge in [0.05, 0.1) is 16.7 Å². The average Bonchev–Trinajstić information content (AvgIpc) is 2.54. The monoisotopic (exact) mass is 387 g/mol. The third-order valence-corrected chi connectivity index (χ3v) is 7.13. The predicted molar refractivity (Wildman–Crippen MR) is 102 cm³/mol. The highest BCUT2D eigenvalue weighted by Gasteiger charge is 2.38. The highest BCUT2D eigenvalue weighted by Crippen LogP contribution is 2.53. The molecule has 0 aliphatic carbocycles. The summed E-state index contributed by atoms with van der Waals surface area (Å²) in [4.78, 5) is 12.0. The molecule has 0 bridgehead atoms. The Labute approximate surface area is 157 Å². The molecule has 140 valence electrons. The van der Waals surface area contributed by atoms with Crippen molar-refractivity contribution in [3.8, 4) is 0 Å². The highest BCUT2D eigenvalue weighted by atomic mass is 32.2. The number of aliphatic hydroxyl groups is 1. The minimum atomic E-state index is -0.590. The second-order valence-corrected chi connectivity index (χ2v) is 10.1. The molecule has 1 aromatic carbocycles. The number of thioether (sulfide) groups is 2. The topological polar surface area (TPSA) is 58.6 Å². The first kappa shape index (κ1) is 20.4. The first-order chi connectivity index (χ1) is 11.7. The lowest BCUT2D eigenvalue weighted by atomic mass is 10.0. The van der Waals surface area contributed by atoms with E-state index in [-0.39, 0.29) is 16.5 Å². The number of carbonyl (C=O) groups is 1. The van der Waals surface area contributed by atoms with E-state index in [2.05, 4.69) is 5.32 Å². The van der Waals surface area contributed by atoms with Crippen molar-refractivity contribution in [1.82, 2.24) is 5.32 Å². The number of aliphatic hydroxyl groups excluding tert-OH is 1. The summed E-state index contributed by atoms with van der Waals surface area (Å²) in [7, 11) is 0. The molecule has 1 aliphatic heterocycles. The molecule has 7 heteroatoms. The summed E-state index contributed by atoms with van der Waals surface area (Å²) in [6, 6.07) is 6.08. The van der Waals surface area contributed by atoms with Gasteiger partial charge in [-0.1, -0.05) is 12.1 Å². The molecule has 1 saturated heterocycles. The molecule has 1 amide bonds. The Balaban J connectivity index is 2.14. The van der Waals surface area contributed by atoms with Crippen molar-refractivity contribution in [1.29, 1.82) is 0 Å². The fourth-order valence-corrected chi connectivity index (χ4v) is 6.14. The molecule has 25 heavy (non-hydrogen) atoms. The van der Waals surface area contributed by atoms with Gasteiger partial charge in [-0.05, 0) is 62.8 Å². The third-order valence-electron chi connectivity index (χ3n) is 3.70. The summed E-state index contributed by atoms with van der Waals surface area (Å²) in [6.45, 7) is 5.22. The number of hydrogen-bond donors (Lipinski definition) is 2. The fraction of sp³-hybridized carbons (Fsp3) is 0.611. The van der Waals surface area contributed by atoms with Gasteiger partial charge < -0.3 is 15.2 Å². The molecule has 4 nitrogen and oxygen atoms in total. The second kappa shape index (κ2) is 8.64. The Kier molecular flexibility index (Phi) is 7.05. The molecule has 1 fully saturated rings. The van der Waals surface area contributed by atoms with Crippen LogP contribution in [0.25, 0.3) is 0 Å². The van der Waals surface area contributed by atoms with Crippen LogP contribution in [-0.4, -0.2) is 41.0 Å². The first-order valence-electron chi connectivity index (χ1n) is 8.38. The van der Waals surface area contributed by atoms with Gasteiger partial charge in [-0.15, -0.1) is 23.5 Å². The van der Waals surface area contributed by atoms with E-state index in [9.17, 15) is 14.3 Å². The number of carbonyl (C=O) groups excluding carboxylic acids is 1. The molecule has 1 atom stereocenters. The minimum Gasteiger partial charge on any atom is -0.444 e. The average molecular weight is 388 g/mol. The molecule has 1 aliphatic rings. The summed E-state index contributed by atoms with van der Waals surface area (Å²) in [5.41, 5.74) is 0.417. The van der Waals surface area contributed by atoms with Crippen molar-refractivity contribution in [3.05, 3.63) is 35.6 Å². The van der Waals surface area contributed by atoms with Crippen LogP contribution in [0.5, 0.6) is 0 Å². The van der Waals surface area contributed by atoms with Crippen LogP contribution in [-0.2, 0) is 8.82 Å². The molecular formula is C18H26FNO3S2. The standard InChI is InChI=1S/C18H26FNO3S2/c1-17(2,3)23-16(22)20-15(12-21)11-18(24-9-4-10-25-18)13-5-7-14(19)8-6-13/h5-8,15,21H,4,9-12H2,1-3H3,(H,20,22)/t15-/m1/s1. The van der Waals surface area contributed by atoms with Crippen LogP contribution in [0.15, 0.2) is 24.3 Å². The lowest BCUT2D eigenvalue weighted by Crippen LogP contribution is -2.44. The van der Waals surface area contributed by atoms with Gasteiger partial charge in [0.1, 0.15) is 11.4 Å². The van der Waals surface area contributed by atoms with Crippen molar-refractivity contribution in [3.63, 3.8) is 0 Å². The van der Waals surface area contributed by atoms with E-state index < -0.39 is 17.7 Å². The van der Waals surface area contributed by atoms with Gasteiger partial charge in [0.2, 0.25) is 0 Å². The molecule has 0 spiro atoms. The summed E-state index contributed by atoms with van der Waals surface area (Å²) >= 11 is 3.58. The maximum Gasteiger partial charge on any atom is 0.407 e. The number of rotatable bonds is 5. The number of hydrogen-bond acceptors (Lipinski definition) is 5. The van der Waals surface area contributed by atoms with Crippen LogP contribution in [0.2, 0.25) is 0 Å². The summed E-state index contributed by atoms with van der Waals surface area (Å²) in [6.07, 6.45) is 1.12. The lowest BCUT2D eigenvalue weighted by molar-refractivity contribution is 0.0478. The zero-order chi connectivity index (χ0) is 18.5. The Morgan fingerprint density at radius 3 is 2.44 bits per heavy atom. The maximum absolute atomic E-state index is 13.3. The Bertz CT molecular complexity index is 569. The van der Waals surface area contributed by atoms with Crippen LogP contribution in [0.1, 0.15) is 39.2 Å². The van der Waals surface area contributed by atoms with Gasteiger partial charge in [0.15, 0.2) is 0 Å². The third kappa shape index (κ3) is 6.08. The van der Waals surface area contributed by atoms with Gasteiger partial charge in [-0.2, -0.15) is 0 Å². The molecular weight excluding hydrogens is 361 g/mol. The zero-order valence-corrected chi connectivity index (χ0v) is 16.5. The van der Waals surface area contributed by atoms with E-state index in [4.69, 9.17) is 4.74 Å². The van der Waals surface area contributed by atoms with Crippen molar-refractivity contribution in [2.45, 2.75) is 49.3 Å². The minimum absolute atomic E-state index is 0.177. The van der Waals surface area contributed by atoms with Crippen LogP contribution < -0.4 is 5.32 Å². The van der Waals surface area contributed by atoms with Gasteiger partial charge >= 0.3 is 6.09 Å². The van der Waals surface area contributed by atoms with Crippen molar-refractivity contribution in [2.75, 3.05) is 18.1 Å². The number of amides is 1. The summed E-state index contributed by atoms with van der Waals surface area (Å²) in [5, 5.41) is 12.5. The SMILES string of the molecule is CC(C)(C)OC(=O)N[C@@H](CO)CC1(c2ccc(F)cc2)SCCCS1. The number of nitrogens with one attached hydrogen (secondary N) is 1. The summed E-state index contributed by atoms with van der Waals surface area (Å²) in [5.74, 6) is 1.72. The number of halogens is 1. The molecule has 0 saturated carbocycles. The van der Waals surface area contributed by atoms with Crippen LogP contribution in [0, 0.1) is 5.82 Å². The molecule has 2 N–H and O–H groups in total. The van der Waals surface area contributed by atoms with E-state index in [1.54, 1.807) is 56.4 Å². The highest BCUT2D eigenvalue weighted by molar-refractivity contribution is 8.18. The molecule has 0 radical (unpaired) electrons. The van der Waals surface area contributed by atoms with Crippen LogP contribution >= 0.6 is 23.5 Å². The van der Waals surface area contributed by atoms with E-state index in [0.717, 1.165) is 23.5 Å². The molecule has 1 aromatic rings. The Morgan fingerprint density at radius 1 is 1.32 bits per heavy atom. The Morgan fingerprint density at radius 2 is 1.92 bits per heavy atom. The van der Waals surface area contributed by atoms with Crippen LogP contribution in [0.4, 0.5) is 9.18 Å². The van der Waals surface area contributed by atoms with Crippen molar-refractivity contribution in [2.24, 2.45) is 0 Å². The molecule has 0 unspecified atom stereocenters. The van der Waals surface area contributed by atoms with Gasteiger partial charge in [-0.25, -0.2) is 9.18 Å². The van der Waals surface area contributed by atoms with E-state index in [1.807, 2.05) is 0 Å². The molecule has 2 rings (SSSR count). The van der Waals surface area contributed by atoms with E-state index >= 15 is 0 Å². The summed E-state index contributed by atoms with van der Waals surface area (Å²) < 4.78 is 18.3. The number of benzene rings is 1. The fourth-order valence-electron chi connectivity index (χ4n) is 2.64. The van der Waals surface area contributed by atoms with Gasteiger partial charge in [0, 0.05) is 0 Å². The number of alkyl carbamates (subject to hydrolysis) is 1. The molecule has 1 heterocycles. The Hall–Kier alpha value is -0.920. The quantitative estimate of drug-likeness (QED) is 0.796. The molecule has 0 aromatic heterocycles. The van der Waals surface area contributed by atoms with E-state index in [0.29, 0.717) is 6.42 Å². The smallest absolute Gasteiger partial charge is 0.407 e. The lowest BCUT2D eigenvalue weighted by Gasteiger charge is -2.39. The zero-order valence-electron chi connectivity index (χ0n) is 14.9. The first-order valence-corrected chi connectivity index (χ1v) is 10.4. The maximum atomic E-state index is 13.3. The van der Waals surface area contributed by atoms with Gasteiger partial charge in [0.25, 0.3) is 0 Å². The second-order valence-electron chi connectivity index (χ2n) is 7.04. The van der Waals surface area contributed by atoms with E-state index in [1.165, 1.54) is 12.1 Å². The van der Waals surface area contributed by atoms with Crippen LogP contribution in [0.3, 0.4) is 0 Å². The number of ether oxygens (including phenoxy) is 1.